The van der Waals surface area contributed by atoms with Crippen molar-refractivity contribution in [3.05, 3.63) is 46.8 Å². The van der Waals surface area contributed by atoms with E-state index < -0.39 is 23.5 Å². The normalized spacial score (nSPS) is 25.2. The molecular formula is C18H19F6N5. The van der Waals surface area contributed by atoms with Gasteiger partial charge in [0.1, 0.15) is 0 Å². The van der Waals surface area contributed by atoms with E-state index in [0.717, 1.165) is 31.9 Å². The van der Waals surface area contributed by atoms with Crippen LogP contribution in [-0.2, 0) is 18.9 Å². The number of nitrogens with zero attached hydrogens (tertiary/aromatic N) is 3. The Bertz CT molecular complexity index is 874. The molecule has 158 valence electrons. The average Bonchev–Trinajstić information content (AvgIpc) is 3.28. The molecule has 2 aliphatic rings. The van der Waals surface area contributed by atoms with Gasteiger partial charge < -0.3 is 0 Å². The van der Waals surface area contributed by atoms with E-state index in [1.54, 1.807) is 6.20 Å². The smallest absolute Gasteiger partial charge is 0.257 e. The number of benzene rings is 1. The number of aromatic nitrogens is 3. The molecule has 0 bridgehead atoms. The molecule has 0 amide bonds. The van der Waals surface area contributed by atoms with Crippen molar-refractivity contribution in [2.45, 2.75) is 50.1 Å². The Balaban J connectivity index is 1.54. The maximum atomic E-state index is 13.3. The van der Waals surface area contributed by atoms with Gasteiger partial charge in [0, 0.05) is 24.7 Å². The van der Waals surface area contributed by atoms with Crippen molar-refractivity contribution in [2.75, 3.05) is 6.54 Å². The van der Waals surface area contributed by atoms with Gasteiger partial charge >= 0.3 is 12.4 Å². The summed E-state index contributed by atoms with van der Waals surface area (Å²) in [5.74, 6) is 0.632. The van der Waals surface area contributed by atoms with E-state index >= 15 is 0 Å². The van der Waals surface area contributed by atoms with Crippen LogP contribution >= 0.6 is 0 Å². The van der Waals surface area contributed by atoms with Crippen LogP contribution in [-0.4, -0.2) is 27.6 Å². The number of alkyl halides is 6. The van der Waals surface area contributed by atoms with E-state index in [-0.39, 0.29) is 24.1 Å². The minimum absolute atomic E-state index is 0.147. The second-order valence-corrected chi connectivity index (χ2v) is 7.61. The van der Waals surface area contributed by atoms with E-state index in [1.807, 2.05) is 0 Å². The number of fused-ring (bicyclic) bond motifs is 1. The fraction of sp³-hybridized carbons (Fsp3) is 0.556. The predicted octanol–water partition coefficient (Wildman–Crippen LogP) is 3.72. The second-order valence-electron chi connectivity index (χ2n) is 7.61. The van der Waals surface area contributed by atoms with Gasteiger partial charge in [-0.3, -0.25) is 10.9 Å². The fourth-order valence-corrected chi connectivity index (χ4v) is 4.18. The molecule has 2 aromatic rings. The highest BCUT2D eigenvalue weighted by atomic mass is 19.4. The second kappa shape index (κ2) is 7.28. The molecule has 5 nitrogen and oxygen atoms in total. The van der Waals surface area contributed by atoms with Crippen molar-refractivity contribution < 1.29 is 26.3 Å². The molecule has 3 atom stereocenters. The van der Waals surface area contributed by atoms with Crippen LogP contribution in [0.4, 0.5) is 26.3 Å². The first-order valence-corrected chi connectivity index (χ1v) is 9.27. The molecule has 11 heteroatoms. The number of halogens is 6. The summed E-state index contributed by atoms with van der Waals surface area (Å²) in [6.07, 6.45) is -5.40. The third kappa shape index (κ3) is 4.25. The Morgan fingerprint density at radius 2 is 1.86 bits per heavy atom. The average molecular weight is 419 g/mol. The largest absolute Gasteiger partial charge is 0.416 e. The molecule has 4 rings (SSSR count). The van der Waals surface area contributed by atoms with Gasteiger partial charge in [-0.25, -0.2) is 4.68 Å². The molecule has 1 saturated carbocycles. The minimum Gasteiger partial charge on any atom is -0.257 e. The standard InChI is InChI=1S/C18H19F6N5/c19-17(20,21)13-3-1-11(14(6-13)18(22,23)24)8-29-9-16(27-28-29)10-2-4-15-12(5-10)7-25-26-15/h1,3,6,9-10,12,15,25-26H,2,4-5,7-8H2. The molecule has 0 radical (unpaired) electrons. The van der Waals surface area contributed by atoms with E-state index in [2.05, 4.69) is 21.2 Å². The van der Waals surface area contributed by atoms with Crippen molar-refractivity contribution in [2.24, 2.45) is 5.92 Å². The van der Waals surface area contributed by atoms with Gasteiger partial charge in [0.2, 0.25) is 0 Å². The summed E-state index contributed by atoms with van der Waals surface area (Å²) in [6, 6.07) is 2.08. The minimum atomic E-state index is -4.90. The van der Waals surface area contributed by atoms with Gasteiger partial charge in [-0.1, -0.05) is 11.3 Å². The molecule has 1 aliphatic carbocycles. The van der Waals surface area contributed by atoms with Crippen LogP contribution in [0.25, 0.3) is 0 Å². The van der Waals surface area contributed by atoms with Gasteiger partial charge in [0.05, 0.1) is 23.4 Å². The zero-order valence-electron chi connectivity index (χ0n) is 15.2. The van der Waals surface area contributed by atoms with Gasteiger partial charge in [-0.05, 0) is 42.9 Å². The van der Waals surface area contributed by atoms with E-state index in [0.29, 0.717) is 23.7 Å². The Kier molecular flexibility index (Phi) is 5.06. The first-order valence-electron chi connectivity index (χ1n) is 9.27. The van der Waals surface area contributed by atoms with Crippen LogP contribution in [0.1, 0.15) is 47.6 Å². The molecule has 2 fully saturated rings. The van der Waals surface area contributed by atoms with Crippen molar-refractivity contribution in [1.29, 1.82) is 0 Å². The Hall–Kier alpha value is -2.14. The Labute approximate surface area is 162 Å². The zero-order chi connectivity index (χ0) is 20.8. The summed E-state index contributed by atoms with van der Waals surface area (Å²) in [5, 5.41) is 8.02. The first-order chi connectivity index (χ1) is 13.6. The molecule has 2 N–H and O–H groups in total. The van der Waals surface area contributed by atoms with Crippen LogP contribution in [0.5, 0.6) is 0 Å². The molecule has 29 heavy (non-hydrogen) atoms. The lowest BCUT2D eigenvalue weighted by Gasteiger charge is -2.29. The first kappa shape index (κ1) is 20.1. The topological polar surface area (TPSA) is 54.8 Å². The van der Waals surface area contributed by atoms with Crippen molar-refractivity contribution in [1.82, 2.24) is 25.8 Å². The van der Waals surface area contributed by atoms with Crippen LogP contribution in [0, 0.1) is 5.92 Å². The van der Waals surface area contributed by atoms with Crippen molar-refractivity contribution >= 4 is 0 Å². The van der Waals surface area contributed by atoms with E-state index in [4.69, 9.17) is 0 Å². The highest BCUT2D eigenvalue weighted by Crippen LogP contribution is 2.38. The summed E-state index contributed by atoms with van der Waals surface area (Å²) in [7, 11) is 0. The maximum Gasteiger partial charge on any atom is 0.416 e. The van der Waals surface area contributed by atoms with Gasteiger partial charge in [0.15, 0.2) is 0 Å². The zero-order valence-corrected chi connectivity index (χ0v) is 15.2. The molecule has 1 aliphatic heterocycles. The highest BCUT2D eigenvalue weighted by Gasteiger charge is 2.38. The summed E-state index contributed by atoms with van der Waals surface area (Å²) in [5.41, 5.74) is 4.14. The number of hydrazine groups is 1. The van der Waals surface area contributed by atoms with E-state index in [1.165, 1.54) is 4.68 Å². The van der Waals surface area contributed by atoms with Gasteiger partial charge in [-0.15, -0.1) is 5.10 Å². The van der Waals surface area contributed by atoms with Crippen LogP contribution in [0.2, 0.25) is 0 Å². The Morgan fingerprint density at radius 3 is 2.59 bits per heavy atom. The molecule has 1 saturated heterocycles. The lowest BCUT2D eigenvalue weighted by Crippen LogP contribution is -2.34. The number of hydrogen-bond donors (Lipinski definition) is 2. The van der Waals surface area contributed by atoms with Crippen LogP contribution in [0.15, 0.2) is 24.4 Å². The SMILES string of the molecule is FC(F)(F)c1ccc(Cn2cc(C3CCC4NNCC4C3)nn2)c(C(F)(F)F)c1. The third-order valence-corrected chi connectivity index (χ3v) is 5.68. The quantitative estimate of drug-likeness (QED) is 0.745. The number of hydrogen-bond acceptors (Lipinski definition) is 4. The van der Waals surface area contributed by atoms with Crippen LogP contribution < -0.4 is 10.9 Å². The predicted molar refractivity (Wildman–Crippen MR) is 90.6 cm³/mol. The summed E-state index contributed by atoms with van der Waals surface area (Å²) < 4.78 is 79.6. The monoisotopic (exact) mass is 419 g/mol. The maximum absolute atomic E-state index is 13.3. The molecule has 1 aromatic carbocycles. The van der Waals surface area contributed by atoms with Crippen LogP contribution in [0.3, 0.4) is 0 Å². The Morgan fingerprint density at radius 1 is 1.07 bits per heavy atom. The number of rotatable bonds is 3. The molecule has 2 heterocycles. The summed E-state index contributed by atoms with van der Waals surface area (Å²) in [6.45, 7) is 0.553. The lowest BCUT2D eigenvalue weighted by atomic mass is 9.78. The summed E-state index contributed by atoms with van der Waals surface area (Å²) in [4.78, 5) is 0. The van der Waals surface area contributed by atoms with E-state index in [9.17, 15) is 26.3 Å². The van der Waals surface area contributed by atoms with Crippen molar-refractivity contribution in [3.8, 4) is 0 Å². The molecule has 3 unspecified atom stereocenters. The molecular weight excluding hydrogens is 400 g/mol. The third-order valence-electron chi connectivity index (χ3n) is 5.68. The summed E-state index contributed by atoms with van der Waals surface area (Å²) >= 11 is 0. The fourth-order valence-electron chi connectivity index (χ4n) is 4.18. The van der Waals surface area contributed by atoms with Gasteiger partial charge in [-0.2, -0.15) is 26.3 Å². The molecule has 0 spiro atoms. The van der Waals surface area contributed by atoms with Crippen molar-refractivity contribution in [3.63, 3.8) is 0 Å². The molecule has 1 aromatic heterocycles. The number of nitrogens with one attached hydrogen (secondary N) is 2. The lowest BCUT2D eigenvalue weighted by molar-refractivity contribution is -0.143. The van der Waals surface area contributed by atoms with Gasteiger partial charge in [0.25, 0.3) is 0 Å². The highest BCUT2D eigenvalue weighted by molar-refractivity contribution is 5.35.